The van der Waals surface area contributed by atoms with E-state index in [9.17, 15) is 9.59 Å². The first kappa shape index (κ1) is 14.1. The predicted molar refractivity (Wildman–Crippen MR) is 81.5 cm³/mol. The fraction of sp³-hybridized carbons (Fsp3) is 0.176. The van der Waals surface area contributed by atoms with Gasteiger partial charge in [0.1, 0.15) is 5.75 Å². The summed E-state index contributed by atoms with van der Waals surface area (Å²) in [4.78, 5) is 25.5. The van der Waals surface area contributed by atoms with Crippen molar-refractivity contribution in [3.8, 4) is 5.75 Å². The molecule has 0 saturated heterocycles. The third kappa shape index (κ3) is 2.53. The van der Waals surface area contributed by atoms with Gasteiger partial charge in [0.15, 0.2) is 6.61 Å². The molecule has 2 aromatic carbocycles. The average molecular weight is 297 g/mol. The van der Waals surface area contributed by atoms with Crippen LogP contribution in [-0.2, 0) is 9.53 Å². The SMILES string of the molecule is CCOC(=O)c1ccc(N2C(=O)COc3ccccc32)cc1. The molecule has 0 saturated carbocycles. The Hall–Kier alpha value is -2.82. The summed E-state index contributed by atoms with van der Waals surface area (Å²) in [7, 11) is 0. The minimum Gasteiger partial charge on any atom is -0.482 e. The van der Waals surface area contributed by atoms with Crippen LogP contribution in [0.25, 0.3) is 0 Å². The number of nitrogens with zero attached hydrogens (tertiary/aromatic N) is 1. The monoisotopic (exact) mass is 297 g/mol. The lowest BCUT2D eigenvalue weighted by Gasteiger charge is -2.29. The number of fused-ring (bicyclic) bond motifs is 1. The lowest BCUT2D eigenvalue weighted by molar-refractivity contribution is -0.120. The van der Waals surface area contributed by atoms with Gasteiger partial charge in [0.05, 0.1) is 17.9 Å². The first-order chi connectivity index (χ1) is 10.7. The molecule has 0 bridgehead atoms. The van der Waals surface area contributed by atoms with Gasteiger partial charge in [0.25, 0.3) is 5.91 Å². The van der Waals surface area contributed by atoms with Crippen LogP contribution in [0.3, 0.4) is 0 Å². The van der Waals surface area contributed by atoms with E-state index in [-0.39, 0.29) is 18.5 Å². The number of carbonyl (C=O) groups is 2. The maximum atomic E-state index is 12.2. The largest absolute Gasteiger partial charge is 0.482 e. The molecule has 5 nitrogen and oxygen atoms in total. The maximum absolute atomic E-state index is 12.2. The molecule has 0 aliphatic carbocycles. The van der Waals surface area contributed by atoms with Crippen LogP contribution in [0.5, 0.6) is 5.75 Å². The summed E-state index contributed by atoms with van der Waals surface area (Å²) in [5.74, 6) is 0.141. The van der Waals surface area contributed by atoms with Gasteiger partial charge >= 0.3 is 5.97 Å². The molecule has 1 aliphatic heterocycles. The molecule has 2 aromatic rings. The van der Waals surface area contributed by atoms with Gasteiger partial charge in [-0.1, -0.05) is 12.1 Å². The number of anilines is 2. The van der Waals surface area contributed by atoms with Crippen molar-refractivity contribution in [3.63, 3.8) is 0 Å². The van der Waals surface area contributed by atoms with Gasteiger partial charge in [-0.3, -0.25) is 9.69 Å². The standard InChI is InChI=1S/C17H15NO4/c1-2-21-17(20)12-7-9-13(10-8-12)18-14-5-3-4-6-15(14)22-11-16(18)19/h3-10H,2,11H2,1H3. The van der Waals surface area contributed by atoms with Crippen molar-refractivity contribution in [2.75, 3.05) is 18.1 Å². The second kappa shape index (κ2) is 5.89. The Morgan fingerprint density at radius 3 is 2.64 bits per heavy atom. The molecule has 0 unspecified atom stereocenters. The van der Waals surface area contributed by atoms with E-state index in [1.54, 1.807) is 36.1 Å². The van der Waals surface area contributed by atoms with Gasteiger partial charge in [0.2, 0.25) is 0 Å². The van der Waals surface area contributed by atoms with Crippen LogP contribution in [-0.4, -0.2) is 25.1 Å². The molecule has 1 amide bonds. The summed E-state index contributed by atoms with van der Waals surface area (Å²) in [5.41, 5.74) is 1.84. The molecule has 0 radical (unpaired) electrons. The van der Waals surface area contributed by atoms with Crippen molar-refractivity contribution in [2.24, 2.45) is 0 Å². The number of rotatable bonds is 3. The molecule has 1 aliphatic rings. The van der Waals surface area contributed by atoms with Gasteiger partial charge in [-0.15, -0.1) is 0 Å². The van der Waals surface area contributed by atoms with E-state index in [1.165, 1.54) is 0 Å². The number of hydrogen-bond acceptors (Lipinski definition) is 4. The van der Waals surface area contributed by atoms with E-state index in [0.29, 0.717) is 29.3 Å². The van der Waals surface area contributed by atoms with Crippen LogP contribution in [0.15, 0.2) is 48.5 Å². The van der Waals surface area contributed by atoms with Crippen molar-refractivity contribution < 1.29 is 19.1 Å². The van der Waals surface area contributed by atoms with Crippen LogP contribution in [0, 0.1) is 0 Å². The van der Waals surface area contributed by atoms with Crippen LogP contribution in [0.4, 0.5) is 11.4 Å². The summed E-state index contributed by atoms with van der Waals surface area (Å²) in [5, 5.41) is 0. The second-order valence-electron chi connectivity index (χ2n) is 4.75. The predicted octanol–water partition coefficient (Wildman–Crippen LogP) is 2.92. The molecular formula is C17H15NO4. The highest BCUT2D eigenvalue weighted by Gasteiger charge is 2.26. The molecule has 1 heterocycles. The second-order valence-corrected chi connectivity index (χ2v) is 4.75. The van der Waals surface area contributed by atoms with E-state index < -0.39 is 0 Å². The fourth-order valence-electron chi connectivity index (χ4n) is 2.35. The zero-order valence-electron chi connectivity index (χ0n) is 12.1. The lowest BCUT2D eigenvalue weighted by atomic mass is 10.1. The number of para-hydroxylation sites is 2. The number of hydrogen-bond donors (Lipinski definition) is 0. The Morgan fingerprint density at radius 1 is 1.18 bits per heavy atom. The van der Waals surface area contributed by atoms with E-state index in [0.717, 1.165) is 0 Å². The van der Waals surface area contributed by atoms with Crippen molar-refractivity contribution in [3.05, 3.63) is 54.1 Å². The van der Waals surface area contributed by atoms with Gasteiger partial charge in [-0.2, -0.15) is 0 Å². The number of carbonyl (C=O) groups excluding carboxylic acids is 2. The zero-order valence-corrected chi connectivity index (χ0v) is 12.1. The maximum Gasteiger partial charge on any atom is 0.338 e. The lowest BCUT2D eigenvalue weighted by Crippen LogP contribution is -2.35. The van der Waals surface area contributed by atoms with Crippen LogP contribution < -0.4 is 9.64 Å². The first-order valence-electron chi connectivity index (χ1n) is 7.02. The molecule has 0 fully saturated rings. The molecule has 5 heteroatoms. The molecule has 22 heavy (non-hydrogen) atoms. The van der Waals surface area contributed by atoms with Crippen molar-refractivity contribution in [2.45, 2.75) is 6.92 Å². The summed E-state index contributed by atoms with van der Waals surface area (Å²) in [6.45, 7) is 2.09. The minimum atomic E-state index is -0.372. The molecule has 3 rings (SSSR count). The Balaban J connectivity index is 1.94. The van der Waals surface area contributed by atoms with E-state index in [2.05, 4.69) is 0 Å². The smallest absolute Gasteiger partial charge is 0.338 e. The molecule has 0 spiro atoms. The number of esters is 1. The quantitative estimate of drug-likeness (QED) is 0.817. The number of amides is 1. The average Bonchev–Trinajstić information content (AvgIpc) is 2.55. The normalized spacial score (nSPS) is 13.3. The third-order valence-corrected chi connectivity index (χ3v) is 3.34. The summed E-state index contributed by atoms with van der Waals surface area (Å²) in [6.07, 6.45) is 0. The zero-order chi connectivity index (χ0) is 15.5. The molecule has 0 aromatic heterocycles. The highest BCUT2D eigenvalue weighted by molar-refractivity contribution is 6.04. The Labute approximate surface area is 128 Å². The van der Waals surface area contributed by atoms with Gasteiger partial charge in [-0.05, 0) is 43.3 Å². The Morgan fingerprint density at radius 2 is 1.91 bits per heavy atom. The molecule has 0 N–H and O–H groups in total. The summed E-state index contributed by atoms with van der Waals surface area (Å²) in [6, 6.07) is 14.1. The van der Waals surface area contributed by atoms with E-state index in [4.69, 9.17) is 9.47 Å². The minimum absolute atomic E-state index is 0.00333. The topological polar surface area (TPSA) is 55.8 Å². The van der Waals surface area contributed by atoms with Crippen molar-refractivity contribution >= 4 is 23.3 Å². The number of ether oxygens (including phenoxy) is 2. The molecular weight excluding hydrogens is 282 g/mol. The first-order valence-corrected chi connectivity index (χ1v) is 7.02. The summed E-state index contributed by atoms with van der Waals surface area (Å²) >= 11 is 0. The van der Waals surface area contributed by atoms with Crippen molar-refractivity contribution in [1.82, 2.24) is 0 Å². The molecule has 0 atom stereocenters. The Kier molecular flexibility index (Phi) is 3.78. The van der Waals surface area contributed by atoms with Gasteiger partial charge in [-0.25, -0.2) is 4.79 Å². The van der Waals surface area contributed by atoms with Gasteiger partial charge < -0.3 is 9.47 Å². The highest BCUT2D eigenvalue weighted by atomic mass is 16.5. The Bertz CT molecular complexity index is 709. The highest BCUT2D eigenvalue weighted by Crippen LogP contribution is 2.36. The van der Waals surface area contributed by atoms with E-state index in [1.807, 2.05) is 24.3 Å². The fourth-order valence-corrected chi connectivity index (χ4v) is 2.35. The van der Waals surface area contributed by atoms with Crippen LogP contribution in [0.2, 0.25) is 0 Å². The van der Waals surface area contributed by atoms with Crippen LogP contribution in [0.1, 0.15) is 17.3 Å². The summed E-state index contributed by atoms with van der Waals surface area (Å²) < 4.78 is 10.4. The van der Waals surface area contributed by atoms with Gasteiger partial charge in [0, 0.05) is 5.69 Å². The van der Waals surface area contributed by atoms with Crippen LogP contribution >= 0.6 is 0 Å². The number of benzene rings is 2. The third-order valence-electron chi connectivity index (χ3n) is 3.34. The van der Waals surface area contributed by atoms with E-state index >= 15 is 0 Å². The molecule has 112 valence electrons. The van der Waals surface area contributed by atoms with Crippen molar-refractivity contribution in [1.29, 1.82) is 0 Å².